The van der Waals surface area contributed by atoms with Gasteiger partial charge in [0.05, 0.1) is 0 Å². The molecule has 178 valence electrons. The first-order valence-electron chi connectivity index (χ1n) is 12.0. The van der Waals surface area contributed by atoms with E-state index in [1.165, 1.54) is 102 Å². The molecule has 0 spiro atoms. The van der Waals surface area contributed by atoms with E-state index < -0.39 is 0 Å². The van der Waals surface area contributed by atoms with Gasteiger partial charge in [-0.25, -0.2) is 4.39 Å². The molecule has 1 aromatic carbocycles. The number of halogens is 3. The number of hydrogen-bond acceptors (Lipinski definition) is 2. The Labute approximate surface area is 198 Å². The molecule has 1 atom stereocenters. The monoisotopic (exact) mass is 464 g/mol. The van der Waals surface area contributed by atoms with E-state index in [0.717, 1.165) is 25.1 Å². The first kappa shape index (κ1) is 31.8. The summed E-state index contributed by atoms with van der Waals surface area (Å²) in [5.74, 6) is -0.202. The largest absolute Gasteiger partial charge is 0.324 e. The van der Waals surface area contributed by atoms with E-state index in [9.17, 15) is 4.39 Å². The van der Waals surface area contributed by atoms with Crippen molar-refractivity contribution in [3.8, 4) is 0 Å². The van der Waals surface area contributed by atoms with Gasteiger partial charge in [-0.2, -0.15) is 0 Å². The number of unbranched alkanes of at least 4 members (excludes halogenated alkanes) is 13. The SMILES string of the molecule is CCCCCCCCCCCCCCCCNCCC(N)c1ccc(F)cc1.Cl.Cl. The summed E-state index contributed by atoms with van der Waals surface area (Å²) in [6.45, 7) is 4.29. The van der Waals surface area contributed by atoms with E-state index in [1.807, 2.05) is 0 Å². The van der Waals surface area contributed by atoms with E-state index in [2.05, 4.69) is 12.2 Å². The maximum absolute atomic E-state index is 12.9. The second kappa shape index (κ2) is 23.3. The summed E-state index contributed by atoms with van der Waals surface area (Å²) >= 11 is 0. The minimum Gasteiger partial charge on any atom is -0.324 e. The van der Waals surface area contributed by atoms with Crippen molar-refractivity contribution in [1.82, 2.24) is 5.32 Å². The average Bonchev–Trinajstić information content (AvgIpc) is 2.70. The second-order valence-corrected chi connectivity index (χ2v) is 8.29. The predicted molar refractivity (Wildman–Crippen MR) is 136 cm³/mol. The summed E-state index contributed by atoms with van der Waals surface area (Å²) in [6, 6.07) is 6.53. The van der Waals surface area contributed by atoms with Crippen LogP contribution in [0.3, 0.4) is 0 Å². The van der Waals surface area contributed by atoms with E-state index in [1.54, 1.807) is 12.1 Å². The molecule has 0 fully saturated rings. The highest BCUT2D eigenvalue weighted by molar-refractivity contribution is 5.85. The van der Waals surface area contributed by atoms with Crippen LogP contribution >= 0.6 is 24.8 Å². The Balaban J connectivity index is 0. The molecular weight excluding hydrogens is 418 g/mol. The summed E-state index contributed by atoms with van der Waals surface area (Å²) in [5.41, 5.74) is 7.16. The van der Waals surface area contributed by atoms with Crippen LogP contribution in [0, 0.1) is 5.82 Å². The normalized spacial score (nSPS) is 11.6. The zero-order chi connectivity index (χ0) is 20.3. The van der Waals surface area contributed by atoms with Crippen LogP contribution in [-0.2, 0) is 0 Å². The number of nitrogens with two attached hydrogens (primary N) is 1. The maximum atomic E-state index is 12.9. The Bertz CT molecular complexity index is 457. The van der Waals surface area contributed by atoms with Gasteiger partial charge in [0.15, 0.2) is 0 Å². The number of hydrogen-bond donors (Lipinski definition) is 2. The molecule has 30 heavy (non-hydrogen) atoms. The Morgan fingerprint density at radius 2 is 1.13 bits per heavy atom. The zero-order valence-corrected chi connectivity index (χ0v) is 20.8. The predicted octanol–water partition coefficient (Wildman–Crippen LogP) is 8.13. The third kappa shape index (κ3) is 18.4. The number of benzene rings is 1. The van der Waals surface area contributed by atoms with Crippen molar-refractivity contribution < 1.29 is 4.39 Å². The number of rotatable bonds is 19. The van der Waals surface area contributed by atoms with Crippen LogP contribution in [0.2, 0.25) is 0 Å². The average molecular weight is 466 g/mol. The molecule has 0 saturated carbocycles. The summed E-state index contributed by atoms with van der Waals surface area (Å²) in [6.07, 6.45) is 20.5. The van der Waals surface area contributed by atoms with Crippen LogP contribution < -0.4 is 11.1 Å². The van der Waals surface area contributed by atoms with Crippen molar-refractivity contribution in [1.29, 1.82) is 0 Å². The van der Waals surface area contributed by atoms with Crippen LogP contribution in [0.25, 0.3) is 0 Å². The summed E-state index contributed by atoms with van der Waals surface area (Å²) in [7, 11) is 0. The number of nitrogens with one attached hydrogen (secondary N) is 1. The van der Waals surface area contributed by atoms with Crippen LogP contribution in [0.1, 0.15) is 115 Å². The minimum absolute atomic E-state index is 0. The third-order valence-electron chi connectivity index (χ3n) is 5.64. The maximum Gasteiger partial charge on any atom is 0.123 e. The molecule has 0 aromatic heterocycles. The molecule has 1 aromatic rings. The standard InChI is InChI=1S/C25H45FN2.2ClH/c1-2-3-4-5-6-7-8-9-10-11-12-13-14-15-21-28-22-20-25(27)23-16-18-24(26)19-17-23;;/h16-19,25,28H,2-15,20-22,27H2,1H3;2*1H. The molecule has 0 bridgehead atoms. The highest BCUT2D eigenvalue weighted by Gasteiger charge is 2.05. The molecule has 5 heteroatoms. The highest BCUT2D eigenvalue weighted by Crippen LogP contribution is 2.14. The lowest BCUT2D eigenvalue weighted by molar-refractivity contribution is 0.522. The van der Waals surface area contributed by atoms with Crippen LogP contribution in [-0.4, -0.2) is 13.1 Å². The van der Waals surface area contributed by atoms with Crippen molar-refractivity contribution in [2.45, 2.75) is 109 Å². The van der Waals surface area contributed by atoms with Gasteiger partial charge < -0.3 is 11.1 Å². The van der Waals surface area contributed by atoms with Crippen molar-refractivity contribution in [3.05, 3.63) is 35.6 Å². The van der Waals surface area contributed by atoms with E-state index >= 15 is 0 Å². The molecule has 3 N–H and O–H groups in total. The molecule has 1 unspecified atom stereocenters. The van der Waals surface area contributed by atoms with Crippen molar-refractivity contribution in [3.63, 3.8) is 0 Å². The van der Waals surface area contributed by atoms with E-state index in [-0.39, 0.29) is 36.7 Å². The molecule has 0 aliphatic heterocycles. The highest BCUT2D eigenvalue weighted by atomic mass is 35.5. The van der Waals surface area contributed by atoms with Gasteiger partial charge in [0.25, 0.3) is 0 Å². The molecular formula is C25H47Cl2FN2. The topological polar surface area (TPSA) is 38.0 Å². The molecule has 0 radical (unpaired) electrons. The Morgan fingerprint density at radius 3 is 1.60 bits per heavy atom. The van der Waals surface area contributed by atoms with Gasteiger partial charge >= 0.3 is 0 Å². The van der Waals surface area contributed by atoms with Gasteiger partial charge in [-0.1, -0.05) is 103 Å². The molecule has 1 rings (SSSR count). The van der Waals surface area contributed by atoms with Crippen LogP contribution in [0.5, 0.6) is 0 Å². The van der Waals surface area contributed by atoms with Crippen molar-refractivity contribution in [2.75, 3.05) is 13.1 Å². The molecule has 0 heterocycles. The summed E-state index contributed by atoms with van der Waals surface area (Å²) in [4.78, 5) is 0. The van der Waals surface area contributed by atoms with Gasteiger partial charge in [-0.3, -0.25) is 0 Å². The van der Waals surface area contributed by atoms with Gasteiger partial charge in [0, 0.05) is 6.04 Å². The molecule has 0 aliphatic carbocycles. The van der Waals surface area contributed by atoms with Gasteiger partial charge in [-0.05, 0) is 43.6 Å². The third-order valence-corrected chi connectivity index (χ3v) is 5.64. The quantitative estimate of drug-likeness (QED) is 0.202. The molecule has 2 nitrogen and oxygen atoms in total. The fourth-order valence-electron chi connectivity index (χ4n) is 3.70. The van der Waals surface area contributed by atoms with Crippen molar-refractivity contribution >= 4 is 24.8 Å². The lowest BCUT2D eigenvalue weighted by atomic mass is 10.0. The van der Waals surface area contributed by atoms with Gasteiger partial charge in [0.2, 0.25) is 0 Å². The fraction of sp³-hybridized carbons (Fsp3) is 0.760. The smallest absolute Gasteiger partial charge is 0.123 e. The van der Waals surface area contributed by atoms with Crippen LogP contribution in [0.4, 0.5) is 4.39 Å². The van der Waals surface area contributed by atoms with Gasteiger partial charge in [0.1, 0.15) is 5.82 Å². The first-order valence-corrected chi connectivity index (χ1v) is 12.0. The van der Waals surface area contributed by atoms with Crippen molar-refractivity contribution in [2.24, 2.45) is 5.73 Å². The molecule has 0 saturated heterocycles. The Hall–Kier alpha value is -0.350. The van der Waals surface area contributed by atoms with E-state index in [0.29, 0.717) is 0 Å². The second-order valence-electron chi connectivity index (χ2n) is 8.29. The fourth-order valence-corrected chi connectivity index (χ4v) is 3.70. The Kier molecular flexibility index (Phi) is 24.7. The molecule has 0 amide bonds. The van der Waals surface area contributed by atoms with Gasteiger partial charge in [-0.15, -0.1) is 24.8 Å². The minimum atomic E-state index is -0.202. The van der Waals surface area contributed by atoms with Crippen LogP contribution in [0.15, 0.2) is 24.3 Å². The Morgan fingerprint density at radius 1 is 0.700 bits per heavy atom. The first-order chi connectivity index (χ1) is 13.7. The lowest BCUT2D eigenvalue weighted by Crippen LogP contribution is -2.22. The lowest BCUT2D eigenvalue weighted by Gasteiger charge is -2.12. The molecule has 0 aliphatic rings. The summed E-state index contributed by atoms with van der Waals surface area (Å²) < 4.78 is 12.9. The summed E-state index contributed by atoms with van der Waals surface area (Å²) in [5, 5.41) is 3.49. The van der Waals surface area contributed by atoms with E-state index in [4.69, 9.17) is 5.73 Å². The zero-order valence-electron chi connectivity index (χ0n) is 19.2.